The number of piperidine rings is 2. The molecule has 2 N–H and O–H groups in total. The van der Waals surface area contributed by atoms with Crippen LogP contribution in [-0.4, -0.2) is 115 Å². The number of urea groups is 1. The Morgan fingerprint density at radius 3 is 2.33 bits per heavy atom. The summed E-state index contributed by atoms with van der Waals surface area (Å²) in [5.74, 6) is -0.108. The molecule has 5 aliphatic rings. The summed E-state index contributed by atoms with van der Waals surface area (Å²) >= 11 is 0. The molecule has 4 heterocycles. The molecule has 1 aliphatic carbocycles. The molecule has 5 rings (SSSR count). The van der Waals surface area contributed by atoms with Crippen LogP contribution in [0.3, 0.4) is 0 Å². The molecule has 0 atom stereocenters. The van der Waals surface area contributed by atoms with Gasteiger partial charge in [0, 0.05) is 76.7 Å². The van der Waals surface area contributed by atoms with E-state index >= 15 is 0 Å². The third-order valence-electron chi connectivity index (χ3n) is 8.38. The number of hydrogen-bond donors (Lipinski definition) is 2. The van der Waals surface area contributed by atoms with E-state index in [2.05, 4.69) is 27.7 Å². The maximum absolute atomic E-state index is 12.8. The molecule has 4 amide bonds. The fourth-order valence-electron chi connectivity index (χ4n) is 6.18. The molecule has 0 radical (unpaired) electrons. The van der Waals surface area contributed by atoms with E-state index in [0.29, 0.717) is 25.7 Å². The third kappa shape index (κ3) is 5.86. The Morgan fingerprint density at radius 2 is 1.58 bits per heavy atom. The van der Waals surface area contributed by atoms with Crippen molar-refractivity contribution in [2.75, 3.05) is 65.5 Å². The lowest BCUT2D eigenvalue weighted by Gasteiger charge is -2.40. The van der Waals surface area contributed by atoms with Crippen molar-refractivity contribution in [1.82, 2.24) is 30.2 Å². The van der Waals surface area contributed by atoms with Crippen molar-refractivity contribution in [3.8, 4) is 0 Å². The van der Waals surface area contributed by atoms with Crippen molar-refractivity contribution >= 4 is 18.0 Å². The molecule has 0 spiro atoms. The maximum atomic E-state index is 12.8. The molecule has 198 valence electrons. The molecule has 0 saturated carbocycles. The average Bonchev–Trinajstić information content (AvgIpc) is 3.10. The number of hydrogen-bond acceptors (Lipinski definition) is 6. The van der Waals surface area contributed by atoms with Gasteiger partial charge in [0.05, 0.1) is 0 Å². The maximum Gasteiger partial charge on any atom is 0.410 e. The zero-order valence-corrected chi connectivity index (χ0v) is 21.3. The zero-order valence-electron chi connectivity index (χ0n) is 21.3. The highest BCUT2D eigenvalue weighted by Crippen LogP contribution is 2.26. The number of ether oxygens (including phenoxy) is 1. The first-order valence-corrected chi connectivity index (χ1v) is 13.7. The number of piperazine rings is 1. The van der Waals surface area contributed by atoms with E-state index in [-0.39, 0.29) is 24.6 Å². The Labute approximate surface area is 213 Å². The summed E-state index contributed by atoms with van der Waals surface area (Å²) in [5.41, 5.74) is 2.29. The molecule has 36 heavy (non-hydrogen) atoms. The first-order valence-electron chi connectivity index (χ1n) is 13.7. The summed E-state index contributed by atoms with van der Waals surface area (Å²) in [7, 11) is 0. The van der Waals surface area contributed by atoms with Crippen LogP contribution in [0.2, 0.25) is 0 Å². The summed E-state index contributed by atoms with van der Waals surface area (Å²) in [6.45, 7) is 7.24. The average molecular weight is 501 g/mol. The first-order chi connectivity index (χ1) is 17.6. The normalized spacial score (nSPS) is 24.9. The highest BCUT2D eigenvalue weighted by atomic mass is 16.6. The van der Waals surface area contributed by atoms with Crippen LogP contribution in [0.5, 0.6) is 0 Å². The van der Waals surface area contributed by atoms with Gasteiger partial charge in [-0.1, -0.05) is 12.2 Å². The van der Waals surface area contributed by atoms with Gasteiger partial charge in [-0.25, -0.2) is 9.59 Å². The first kappa shape index (κ1) is 25.1. The molecule has 3 saturated heterocycles. The van der Waals surface area contributed by atoms with Gasteiger partial charge in [0.2, 0.25) is 0 Å². The number of carbonyl (C=O) groups is 3. The van der Waals surface area contributed by atoms with Crippen LogP contribution in [0, 0.1) is 0 Å². The molecular formula is C26H40N6O4. The van der Waals surface area contributed by atoms with Crippen LogP contribution in [0.15, 0.2) is 23.4 Å². The van der Waals surface area contributed by atoms with E-state index in [9.17, 15) is 14.4 Å². The van der Waals surface area contributed by atoms with Gasteiger partial charge in [0.15, 0.2) is 6.61 Å². The van der Waals surface area contributed by atoms with Crippen LogP contribution in [0.1, 0.15) is 44.9 Å². The fourth-order valence-corrected chi connectivity index (χ4v) is 6.18. The number of nitrogens with one attached hydrogen (secondary N) is 2. The number of carbonyl (C=O) groups excluding carboxylic acids is 3. The number of likely N-dealkylation sites (tertiary alicyclic amines) is 2. The minimum atomic E-state index is -0.430. The van der Waals surface area contributed by atoms with Crippen LogP contribution >= 0.6 is 0 Å². The van der Waals surface area contributed by atoms with Gasteiger partial charge in [-0.05, 0) is 50.5 Å². The van der Waals surface area contributed by atoms with Crippen LogP contribution in [-0.2, 0) is 9.53 Å². The van der Waals surface area contributed by atoms with Gasteiger partial charge in [-0.3, -0.25) is 9.69 Å². The summed E-state index contributed by atoms with van der Waals surface area (Å²) in [4.78, 5) is 46.1. The van der Waals surface area contributed by atoms with Crippen molar-refractivity contribution in [1.29, 1.82) is 0 Å². The van der Waals surface area contributed by atoms with Crippen LogP contribution < -0.4 is 10.6 Å². The number of nitrogens with zero attached hydrogens (tertiary/aromatic N) is 4. The highest BCUT2D eigenvalue weighted by Gasteiger charge is 2.33. The number of allylic oxidation sites excluding steroid dienone is 3. The summed E-state index contributed by atoms with van der Waals surface area (Å²) in [6.07, 6.45) is 9.99. The molecule has 4 aliphatic heterocycles. The molecule has 3 fully saturated rings. The van der Waals surface area contributed by atoms with Gasteiger partial charge in [-0.2, -0.15) is 0 Å². The smallest absolute Gasteiger partial charge is 0.410 e. The molecule has 0 unspecified atom stereocenters. The Morgan fingerprint density at radius 1 is 0.889 bits per heavy atom. The van der Waals surface area contributed by atoms with Gasteiger partial charge in [0.1, 0.15) is 0 Å². The number of rotatable bonds is 4. The molecule has 0 bridgehead atoms. The van der Waals surface area contributed by atoms with E-state index in [4.69, 9.17) is 4.74 Å². The lowest BCUT2D eigenvalue weighted by molar-refractivity contribution is -0.136. The summed E-state index contributed by atoms with van der Waals surface area (Å²) < 4.78 is 5.40. The lowest BCUT2D eigenvalue weighted by atomic mass is 10.0. The molecule has 0 aromatic carbocycles. The number of amides is 4. The predicted octanol–water partition coefficient (Wildman–Crippen LogP) is 1.50. The van der Waals surface area contributed by atoms with Crippen molar-refractivity contribution in [3.05, 3.63) is 23.4 Å². The van der Waals surface area contributed by atoms with Crippen molar-refractivity contribution in [3.63, 3.8) is 0 Å². The predicted molar refractivity (Wildman–Crippen MR) is 135 cm³/mol. The Bertz CT molecular complexity index is 883. The fraction of sp³-hybridized carbons (Fsp3) is 0.731. The van der Waals surface area contributed by atoms with Crippen LogP contribution in [0.4, 0.5) is 9.59 Å². The van der Waals surface area contributed by atoms with Crippen LogP contribution in [0.25, 0.3) is 0 Å². The minimum Gasteiger partial charge on any atom is -0.439 e. The van der Waals surface area contributed by atoms with Crippen molar-refractivity contribution in [2.45, 2.75) is 57.0 Å². The van der Waals surface area contributed by atoms with Gasteiger partial charge >= 0.3 is 12.1 Å². The van der Waals surface area contributed by atoms with E-state index in [1.807, 2.05) is 9.80 Å². The highest BCUT2D eigenvalue weighted by molar-refractivity contribution is 5.80. The van der Waals surface area contributed by atoms with E-state index in [0.717, 1.165) is 89.9 Å². The molecule has 0 aromatic heterocycles. The molecule has 0 aromatic rings. The summed E-state index contributed by atoms with van der Waals surface area (Å²) in [5, 5.41) is 6.50. The second-order valence-electron chi connectivity index (χ2n) is 10.5. The van der Waals surface area contributed by atoms with E-state index < -0.39 is 6.09 Å². The Kier molecular flexibility index (Phi) is 8.11. The lowest BCUT2D eigenvalue weighted by Crippen LogP contribution is -2.53. The van der Waals surface area contributed by atoms with Gasteiger partial charge in [-0.15, -0.1) is 0 Å². The minimum absolute atomic E-state index is 0.0253. The quantitative estimate of drug-likeness (QED) is 0.607. The summed E-state index contributed by atoms with van der Waals surface area (Å²) in [6, 6.07) is 0.629. The van der Waals surface area contributed by atoms with Gasteiger partial charge in [0.25, 0.3) is 5.91 Å². The Balaban J connectivity index is 1.02. The largest absolute Gasteiger partial charge is 0.439 e. The van der Waals surface area contributed by atoms with Gasteiger partial charge < -0.3 is 30.1 Å². The Hall–Kier alpha value is -2.59. The molecule has 10 nitrogen and oxygen atoms in total. The van der Waals surface area contributed by atoms with E-state index in [1.165, 1.54) is 5.57 Å². The second kappa shape index (κ2) is 11.6. The molecular weight excluding hydrogens is 460 g/mol. The SMILES string of the molecule is O=C(COC(=O)N1CCC(N2CCC3=C(CCC=C3)NC2=O)CC1)N1CCC(N2CCNCC2)CC1. The monoisotopic (exact) mass is 500 g/mol. The zero-order chi connectivity index (χ0) is 24.9. The van der Waals surface area contributed by atoms with Crippen molar-refractivity contribution in [2.24, 2.45) is 0 Å². The van der Waals surface area contributed by atoms with E-state index in [1.54, 1.807) is 4.90 Å². The second-order valence-corrected chi connectivity index (χ2v) is 10.5. The third-order valence-corrected chi connectivity index (χ3v) is 8.38. The topological polar surface area (TPSA) is 97.5 Å². The standard InChI is InChI=1S/C26H40N6O4/c33-24(30-12-6-21(7-13-30)29-17-10-27-11-18-29)19-36-26(35)31-14-8-22(9-15-31)32-16-5-20-3-1-2-4-23(20)28-25(32)34/h1,3,21-22,27H,2,4-19H2,(H,28,34). The van der Waals surface area contributed by atoms with Crippen molar-refractivity contribution < 1.29 is 19.1 Å². The molecule has 10 heteroatoms.